The van der Waals surface area contributed by atoms with E-state index in [2.05, 4.69) is 79.9 Å². The maximum Gasteiger partial charge on any atom is 0.170 e. The van der Waals surface area contributed by atoms with Gasteiger partial charge in [0.15, 0.2) is 5.11 Å². The lowest BCUT2D eigenvalue weighted by molar-refractivity contribution is 0.164. The van der Waals surface area contributed by atoms with Crippen molar-refractivity contribution in [2.75, 3.05) is 20.3 Å². The molecule has 1 saturated heterocycles. The lowest BCUT2D eigenvalue weighted by Gasteiger charge is -2.28. The van der Waals surface area contributed by atoms with Crippen molar-refractivity contribution in [2.45, 2.75) is 25.9 Å². The summed E-state index contributed by atoms with van der Waals surface area (Å²) in [7, 11) is 1.72. The first kappa shape index (κ1) is 21.0. The molecule has 1 N–H and O–H groups in total. The predicted octanol–water partition coefficient (Wildman–Crippen LogP) is 4.87. The van der Waals surface area contributed by atoms with Crippen molar-refractivity contribution in [1.82, 2.24) is 19.8 Å². The summed E-state index contributed by atoms with van der Waals surface area (Å²) < 4.78 is 8.72. The maximum atomic E-state index is 5.72. The number of ether oxygens (including phenoxy) is 1. The van der Waals surface area contributed by atoms with Gasteiger partial charge in [0.2, 0.25) is 0 Å². The number of aromatic nitrogens is 2. The fourth-order valence-electron chi connectivity index (χ4n) is 4.27. The number of thiocarbonyl (C=S) groups is 1. The van der Waals surface area contributed by atoms with Gasteiger partial charge in [0, 0.05) is 41.4 Å². The topological polar surface area (TPSA) is 42.3 Å². The van der Waals surface area contributed by atoms with Gasteiger partial charge >= 0.3 is 0 Å². The number of methoxy groups -OCH3 is 1. The first-order valence-electron chi connectivity index (χ1n) is 9.93. The Bertz CT molecular complexity index is 1050. The van der Waals surface area contributed by atoms with E-state index in [1.807, 2.05) is 24.4 Å². The molecule has 0 bridgehead atoms. The lowest BCUT2D eigenvalue weighted by Crippen LogP contribution is -2.32. The number of rotatable bonds is 6. The number of nitrogens with one attached hydrogen (secondary N) is 1. The van der Waals surface area contributed by atoms with E-state index in [1.54, 1.807) is 7.11 Å². The van der Waals surface area contributed by atoms with Crippen LogP contribution in [0.2, 0.25) is 0 Å². The van der Waals surface area contributed by atoms with Gasteiger partial charge in [0.1, 0.15) is 0 Å². The van der Waals surface area contributed by atoms with Crippen molar-refractivity contribution in [3.63, 3.8) is 0 Å². The zero-order chi connectivity index (χ0) is 21.3. The van der Waals surface area contributed by atoms with E-state index < -0.39 is 0 Å². The Balaban J connectivity index is 1.82. The molecule has 1 aromatic carbocycles. The summed E-state index contributed by atoms with van der Waals surface area (Å²) in [4.78, 5) is 6.85. The highest BCUT2D eigenvalue weighted by Crippen LogP contribution is 2.41. The molecule has 0 amide bonds. The summed E-state index contributed by atoms with van der Waals surface area (Å²) in [6, 6.07) is 16.7. The molecule has 30 heavy (non-hydrogen) atoms. The number of halogens is 1. The van der Waals surface area contributed by atoms with E-state index in [0.29, 0.717) is 6.61 Å². The minimum Gasteiger partial charge on any atom is -0.383 e. The molecule has 3 heterocycles. The van der Waals surface area contributed by atoms with E-state index in [1.165, 1.54) is 17.0 Å². The van der Waals surface area contributed by atoms with Gasteiger partial charge in [0.05, 0.1) is 24.4 Å². The molecule has 0 aliphatic carbocycles. The molecule has 1 aliphatic heterocycles. The van der Waals surface area contributed by atoms with Gasteiger partial charge in [-0.3, -0.25) is 4.98 Å². The smallest absolute Gasteiger partial charge is 0.170 e. The fraction of sp³-hybridized carbons (Fsp3) is 0.304. The Labute approximate surface area is 191 Å². The summed E-state index contributed by atoms with van der Waals surface area (Å²) in [5, 5.41) is 4.24. The molecule has 0 unspecified atom stereocenters. The SMILES string of the molecule is COCCN1C(=S)N[C@H](c2ccccn2)[C@@H]1c1cc(C)n(-c2cccc(Br)c2)c1C. The van der Waals surface area contributed by atoms with Crippen molar-refractivity contribution in [3.05, 3.63) is 81.8 Å². The maximum absolute atomic E-state index is 5.72. The third kappa shape index (κ3) is 3.89. The van der Waals surface area contributed by atoms with Crippen LogP contribution in [0, 0.1) is 13.8 Å². The summed E-state index contributed by atoms with van der Waals surface area (Å²) in [6.45, 7) is 5.65. The first-order valence-corrected chi connectivity index (χ1v) is 11.1. The van der Waals surface area contributed by atoms with Gasteiger partial charge in [-0.15, -0.1) is 0 Å². The van der Waals surface area contributed by atoms with Crippen LogP contribution < -0.4 is 5.32 Å². The Morgan fingerprint density at radius 1 is 1.17 bits per heavy atom. The summed E-state index contributed by atoms with van der Waals surface area (Å²) in [6.07, 6.45) is 1.83. The molecular weight excluding hydrogens is 460 g/mol. The highest BCUT2D eigenvalue weighted by atomic mass is 79.9. The van der Waals surface area contributed by atoms with Crippen LogP contribution in [-0.4, -0.2) is 39.8 Å². The third-order valence-corrected chi connectivity index (χ3v) is 6.44. The molecule has 3 aromatic rings. The predicted molar refractivity (Wildman–Crippen MR) is 127 cm³/mol. The van der Waals surface area contributed by atoms with Crippen LogP contribution in [0.5, 0.6) is 0 Å². The van der Waals surface area contributed by atoms with E-state index >= 15 is 0 Å². The van der Waals surface area contributed by atoms with Gasteiger partial charge in [-0.25, -0.2) is 0 Å². The van der Waals surface area contributed by atoms with E-state index in [0.717, 1.165) is 27.5 Å². The van der Waals surface area contributed by atoms with Crippen molar-refractivity contribution in [3.8, 4) is 5.69 Å². The Morgan fingerprint density at radius 3 is 2.70 bits per heavy atom. The molecular formula is C23H25BrN4OS. The van der Waals surface area contributed by atoms with E-state index in [4.69, 9.17) is 17.0 Å². The summed E-state index contributed by atoms with van der Waals surface area (Å²) in [5.74, 6) is 0. The number of benzene rings is 1. The molecule has 2 aromatic heterocycles. The molecule has 156 valence electrons. The molecule has 2 atom stereocenters. The molecule has 1 fully saturated rings. The van der Waals surface area contributed by atoms with Crippen LogP contribution in [0.15, 0.2) is 59.2 Å². The Morgan fingerprint density at radius 2 is 2.00 bits per heavy atom. The third-order valence-electron chi connectivity index (χ3n) is 5.59. The zero-order valence-corrected chi connectivity index (χ0v) is 19.7. The van der Waals surface area contributed by atoms with Crippen LogP contribution in [0.1, 0.15) is 34.7 Å². The Hall–Kier alpha value is -2.22. The number of pyridine rings is 1. The van der Waals surface area contributed by atoms with Gasteiger partial charge < -0.3 is 19.5 Å². The molecule has 0 spiro atoms. The number of hydrogen-bond acceptors (Lipinski definition) is 3. The lowest BCUT2D eigenvalue weighted by atomic mass is 9.97. The zero-order valence-electron chi connectivity index (χ0n) is 17.3. The van der Waals surface area contributed by atoms with Crippen molar-refractivity contribution >= 4 is 33.3 Å². The van der Waals surface area contributed by atoms with Crippen LogP contribution >= 0.6 is 28.1 Å². The summed E-state index contributed by atoms with van der Waals surface area (Å²) in [5.41, 5.74) is 5.75. The van der Waals surface area contributed by atoms with Gasteiger partial charge in [0.25, 0.3) is 0 Å². The minimum absolute atomic E-state index is 0.0213. The van der Waals surface area contributed by atoms with Crippen LogP contribution in [0.3, 0.4) is 0 Å². The minimum atomic E-state index is -0.0213. The Kier molecular flexibility index (Phi) is 6.22. The van der Waals surface area contributed by atoms with Crippen molar-refractivity contribution in [1.29, 1.82) is 0 Å². The molecule has 0 radical (unpaired) electrons. The first-order chi connectivity index (χ1) is 14.5. The van der Waals surface area contributed by atoms with Crippen LogP contribution in [0.25, 0.3) is 5.69 Å². The standard InChI is InChI=1S/C23H25BrN4OS/c1-15-13-19(16(2)28(15)18-8-6-7-17(24)14-18)22-21(20-9-4-5-10-25-20)26-23(30)27(22)11-12-29-3/h4-10,13-14,21-22H,11-12H2,1-3H3,(H,26,30)/t21-,22+/m1/s1. The average molecular weight is 485 g/mol. The van der Waals surface area contributed by atoms with Crippen LogP contribution in [-0.2, 0) is 4.74 Å². The van der Waals surface area contributed by atoms with Gasteiger partial charge in [-0.05, 0) is 68.0 Å². The average Bonchev–Trinajstić information content (AvgIpc) is 3.22. The van der Waals surface area contributed by atoms with Crippen molar-refractivity contribution in [2.24, 2.45) is 0 Å². The normalized spacial score (nSPS) is 18.7. The van der Waals surface area contributed by atoms with Gasteiger partial charge in [-0.2, -0.15) is 0 Å². The van der Waals surface area contributed by atoms with Crippen molar-refractivity contribution < 1.29 is 4.74 Å². The molecule has 5 nitrogen and oxygen atoms in total. The second-order valence-corrected chi connectivity index (χ2v) is 8.76. The second kappa shape index (κ2) is 8.88. The van der Waals surface area contributed by atoms with Gasteiger partial charge in [-0.1, -0.05) is 28.1 Å². The molecule has 0 saturated carbocycles. The number of aryl methyl sites for hydroxylation is 1. The van der Waals surface area contributed by atoms with E-state index in [-0.39, 0.29) is 12.1 Å². The summed E-state index contributed by atoms with van der Waals surface area (Å²) >= 11 is 9.32. The molecule has 7 heteroatoms. The largest absolute Gasteiger partial charge is 0.383 e. The van der Waals surface area contributed by atoms with E-state index in [9.17, 15) is 0 Å². The highest BCUT2D eigenvalue weighted by molar-refractivity contribution is 9.10. The fourth-order valence-corrected chi connectivity index (χ4v) is 4.99. The number of nitrogens with zero attached hydrogens (tertiary/aromatic N) is 3. The second-order valence-electron chi connectivity index (χ2n) is 7.45. The molecule has 1 aliphatic rings. The quantitative estimate of drug-likeness (QED) is 0.505. The number of hydrogen-bond donors (Lipinski definition) is 1. The molecule has 4 rings (SSSR count). The highest BCUT2D eigenvalue weighted by Gasteiger charge is 2.41. The monoisotopic (exact) mass is 484 g/mol. The van der Waals surface area contributed by atoms with Crippen LogP contribution in [0.4, 0.5) is 0 Å².